The van der Waals surface area contributed by atoms with E-state index < -0.39 is 6.10 Å². The lowest BCUT2D eigenvalue weighted by atomic mass is 9.75. The predicted molar refractivity (Wildman–Crippen MR) is 63.6 cm³/mol. The first-order chi connectivity index (χ1) is 7.68. The Morgan fingerprint density at radius 3 is 2.81 bits per heavy atom. The van der Waals surface area contributed by atoms with Gasteiger partial charge in [0.2, 0.25) is 0 Å². The Morgan fingerprint density at radius 1 is 1.62 bits per heavy atom. The van der Waals surface area contributed by atoms with Crippen LogP contribution in [0.15, 0.2) is 6.20 Å². The van der Waals surface area contributed by atoms with Gasteiger partial charge in [-0.2, -0.15) is 0 Å². The van der Waals surface area contributed by atoms with E-state index in [-0.39, 0.29) is 5.41 Å². The summed E-state index contributed by atoms with van der Waals surface area (Å²) in [6.45, 7) is 1.73. The summed E-state index contributed by atoms with van der Waals surface area (Å²) in [7, 11) is 0. The van der Waals surface area contributed by atoms with Crippen molar-refractivity contribution in [1.82, 2.24) is 4.98 Å². The number of hydrogen-bond acceptors (Lipinski definition) is 5. The quantitative estimate of drug-likeness (QED) is 0.868. The smallest absolute Gasteiger partial charge is 0.123 e. The fraction of sp³-hybridized carbons (Fsp3) is 0.700. The summed E-state index contributed by atoms with van der Waals surface area (Å²) < 4.78 is 5.90. The summed E-state index contributed by atoms with van der Waals surface area (Å²) in [5.74, 6) is 0. The largest absolute Gasteiger partial charge is 0.385 e. The molecule has 2 rings (SSSR count). The van der Waals surface area contributed by atoms with Gasteiger partial charge in [-0.25, -0.2) is 4.98 Å². The van der Waals surface area contributed by atoms with E-state index in [1.807, 2.05) is 0 Å². The number of aliphatic hydroxyl groups excluding tert-OH is 1. The van der Waals surface area contributed by atoms with Crippen LogP contribution in [0.1, 0.15) is 24.0 Å². The Morgan fingerprint density at radius 2 is 2.31 bits per heavy atom. The monoisotopic (exact) mass is 262 g/mol. The molecule has 0 radical (unpaired) electrons. The molecule has 0 aliphatic carbocycles. The number of rotatable bonds is 3. The van der Waals surface area contributed by atoms with Gasteiger partial charge in [0.1, 0.15) is 15.4 Å². The highest BCUT2D eigenvalue weighted by Crippen LogP contribution is 2.43. The molecule has 3 N–H and O–H groups in total. The average molecular weight is 263 g/mol. The van der Waals surface area contributed by atoms with Crippen LogP contribution in [0.2, 0.25) is 4.34 Å². The van der Waals surface area contributed by atoms with Crippen molar-refractivity contribution in [3.05, 3.63) is 15.5 Å². The van der Waals surface area contributed by atoms with Crippen molar-refractivity contribution in [3.63, 3.8) is 0 Å². The first kappa shape index (κ1) is 12.3. The molecule has 1 aromatic heterocycles. The molecular formula is C10H15ClN2O2S. The zero-order valence-corrected chi connectivity index (χ0v) is 10.4. The molecular weight excluding hydrogens is 248 g/mol. The fourth-order valence-corrected chi connectivity index (χ4v) is 3.08. The second-order valence-electron chi connectivity index (χ2n) is 4.08. The first-order valence-electron chi connectivity index (χ1n) is 5.25. The Bertz CT molecular complexity index is 352. The molecule has 0 amide bonds. The van der Waals surface area contributed by atoms with Gasteiger partial charge in [-0.3, -0.25) is 0 Å². The topological polar surface area (TPSA) is 68.4 Å². The Labute approximate surface area is 103 Å². The highest BCUT2D eigenvalue weighted by molar-refractivity contribution is 7.15. The fourth-order valence-electron chi connectivity index (χ4n) is 2.02. The van der Waals surface area contributed by atoms with Crippen LogP contribution in [-0.4, -0.2) is 29.8 Å². The zero-order chi connectivity index (χ0) is 11.6. The molecule has 1 atom stereocenters. The Balaban J connectivity index is 2.20. The van der Waals surface area contributed by atoms with Crippen molar-refractivity contribution >= 4 is 22.9 Å². The van der Waals surface area contributed by atoms with Gasteiger partial charge in [0.25, 0.3) is 0 Å². The molecule has 1 unspecified atom stereocenters. The first-order valence-corrected chi connectivity index (χ1v) is 6.44. The highest BCUT2D eigenvalue weighted by atomic mass is 35.5. The number of nitrogens with zero attached hydrogens (tertiary/aromatic N) is 1. The minimum absolute atomic E-state index is 0.306. The normalized spacial score (nSPS) is 21.9. The Hall–Kier alpha value is -0.200. The number of ether oxygens (including phenoxy) is 1. The molecule has 2 heterocycles. The van der Waals surface area contributed by atoms with Crippen molar-refractivity contribution in [2.24, 2.45) is 11.1 Å². The number of aliphatic hydroxyl groups is 1. The van der Waals surface area contributed by atoms with Crippen LogP contribution in [0.25, 0.3) is 0 Å². The summed E-state index contributed by atoms with van der Waals surface area (Å²) in [4.78, 5) is 4.12. The maximum atomic E-state index is 10.4. The third-order valence-electron chi connectivity index (χ3n) is 3.20. The molecule has 0 aromatic carbocycles. The van der Waals surface area contributed by atoms with E-state index in [9.17, 15) is 5.11 Å². The molecule has 1 aliphatic rings. The van der Waals surface area contributed by atoms with E-state index in [4.69, 9.17) is 22.1 Å². The van der Waals surface area contributed by atoms with Gasteiger partial charge in [0, 0.05) is 25.2 Å². The van der Waals surface area contributed by atoms with Crippen LogP contribution < -0.4 is 5.73 Å². The predicted octanol–water partition coefficient (Wildman–Crippen LogP) is 1.59. The number of thiazole rings is 1. The molecule has 0 bridgehead atoms. The van der Waals surface area contributed by atoms with Crippen LogP contribution in [0.3, 0.4) is 0 Å². The van der Waals surface area contributed by atoms with Crippen LogP contribution >= 0.6 is 22.9 Å². The molecule has 90 valence electrons. The minimum atomic E-state index is -0.640. The SMILES string of the molecule is NCC1(C(O)c2ncc(Cl)s2)CCOCC1. The van der Waals surface area contributed by atoms with Gasteiger partial charge >= 0.3 is 0 Å². The summed E-state index contributed by atoms with van der Waals surface area (Å²) in [6, 6.07) is 0. The van der Waals surface area contributed by atoms with Crippen LogP contribution in [0.5, 0.6) is 0 Å². The number of nitrogens with two attached hydrogens (primary N) is 1. The molecule has 6 heteroatoms. The van der Waals surface area contributed by atoms with Crippen molar-refractivity contribution in [2.75, 3.05) is 19.8 Å². The van der Waals surface area contributed by atoms with Crippen molar-refractivity contribution in [3.8, 4) is 0 Å². The number of hydrogen-bond donors (Lipinski definition) is 2. The van der Waals surface area contributed by atoms with Gasteiger partial charge in [-0.1, -0.05) is 11.6 Å². The maximum absolute atomic E-state index is 10.4. The molecule has 0 saturated carbocycles. The molecule has 1 aliphatic heterocycles. The van der Waals surface area contributed by atoms with E-state index in [0.717, 1.165) is 12.8 Å². The maximum Gasteiger partial charge on any atom is 0.123 e. The standard InChI is InChI=1S/C10H15ClN2O2S/c11-7-5-13-9(16-7)8(14)10(6-12)1-3-15-4-2-10/h5,8,14H,1-4,6,12H2. The second kappa shape index (κ2) is 4.98. The van der Waals surface area contributed by atoms with Crippen LogP contribution in [-0.2, 0) is 4.74 Å². The lowest BCUT2D eigenvalue weighted by Gasteiger charge is -2.39. The van der Waals surface area contributed by atoms with Gasteiger partial charge < -0.3 is 15.6 Å². The van der Waals surface area contributed by atoms with Gasteiger partial charge in [-0.15, -0.1) is 11.3 Å². The Kier molecular flexibility index (Phi) is 3.81. The van der Waals surface area contributed by atoms with E-state index in [1.54, 1.807) is 6.20 Å². The molecule has 1 saturated heterocycles. The van der Waals surface area contributed by atoms with Crippen LogP contribution in [0, 0.1) is 5.41 Å². The van der Waals surface area contributed by atoms with E-state index in [0.29, 0.717) is 29.1 Å². The summed E-state index contributed by atoms with van der Waals surface area (Å²) in [5.41, 5.74) is 5.51. The summed E-state index contributed by atoms with van der Waals surface area (Å²) in [6.07, 6.45) is 2.46. The minimum Gasteiger partial charge on any atom is -0.385 e. The highest BCUT2D eigenvalue weighted by Gasteiger charge is 2.40. The van der Waals surface area contributed by atoms with Gasteiger partial charge in [0.05, 0.1) is 6.20 Å². The summed E-state index contributed by atoms with van der Waals surface area (Å²) >= 11 is 7.13. The molecule has 1 aromatic rings. The van der Waals surface area contributed by atoms with Crippen molar-refractivity contribution in [1.29, 1.82) is 0 Å². The van der Waals surface area contributed by atoms with Crippen molar-refractivity contribution < 1.29 is 9.84 Å². The number of aromatic nitrogens is 1. The van der Waals surface area contributed by atoms with Crippen molar-refractivity contribution in [2.45, 2.75) is 18.9 Å². The third kappa shape index (κ3) is 2.24. The lowest BCUT2D eigenvalue weighted by molar-refractivity contribution is -0.0581. The van der Waals surface area contributed by atoms with E-state index >= 15 is 0 Å². The molecule has 1 fully saturated rings. The molecule has 0 spiro atoms. The number of halogens is 1. The lowest BCUT2D eigenvalue weighted by Crippen LogP contribution is -2.41. The third-order valence-corrected chi connectivity index (χ3v) is 4.37. The average Bonchev–Trinajstić information content (AvgIpc) is 2.76. The van der Waals surface area contributed by atoms with Crippen LogP contribution in [0.4, 0.5) is 0 Å². The van der Waals surface area contributed by atoms with E-state index in [2.05, 4.69) is 4.98 Å². The zero-order valence-electron chi connectivity index (χ0n) is 8.86. The summed E-state index contributed by atoms with van der Waals surface area (Å²) in [5, 5.41) is 11.0. The second-order valence-corrected chi connectivity index (χ2v) is 5.78. The van der Waals surface area contributed by atoms with Gasteiger partial charge in [0.15, 0.2) is 0 Å². The molecule has 4 nitrogen and oxygen atoms in total. The van der Waals surface area contributed by atoms with Gasteiger partial charge in [-0.05, 0) is 12.8 Å². The molecule has 16 heavy (non-hydrogen) atoms. The van der Waals surface area contributed by atoms with E-state index in [1.165, 1.54) is 11.3 Å².